The van der Waals surface area contributed by atoms with Crippen molar-refractivity contribution in [3.63, 3.8) is 0 Å². The van der Waals surface area contributed by atoms with Crippen LogP contribution in [-0.4, -0.2) is 24.9 Å². The molecule has 2 heteroatoms. The summed E-state index contributed by atoms with van der Waals surface area (Å²) in [7, 11) is 0. The number of aliphatic hydroxyl groups excluding tert-OH is 1. The van der Waals surface area contributed by atoms with Gasteiger partial charge in [-0.3, -0.25) is 0 Å². The van der Waals surface area contributed by atoms with Crippen molar-refractivity contribution in [3.05, 3.63) is 35.4 Å². The molecule has 2 nitrogen and oxygen atoms in total. The highest BCUT2D eigenvalue weighted by atomic mass is 16.5. The molecule has 1 atom stereocenters. The number of rotatable bonds is 8. The van der Waals surface area contributed by atoms with Crippen LogP contribution in [0.3, 0.4) is 0 Å². The second-order valence-corrected chi connectivity index (χ2v) is 4.55. The third kappa shape index (κ3) is 5.33. The quantitative estimate of drug-likeness (QED) is 0.702. The van der Waals surface area contributed by atoms with Gasteiger partial charge >= 0.3 is 0 Å². The zero-order chi connectivity index (χ0) is 12.5. The molecule has 0 bridgehead atoms. The van der Waals surface area contributed by atoms with Crippen LogP contribution in [-0.2, 0) is 4.74 Å². The van der Waals surface area contributed by atoms with Crippen molar-refractivity contribution in [1.29, 1.82) is 0 Å². The average Bonchev–Trinajstić information content (AvgIpc) is 2.34. The number of hydrogen-bond acceptors (Lipinski definition) is 2. The second-order valence-electron chi connectivity index (χ2n) is 4.55. The van der Waals surface area contributed by atoms with E-state index in [9.17, 15) is 5.11 Å². The molecule has 1 unspecified atom stereocenters. The number of aryl methyl sites for hydroxylation is 1. The fraction of sp³-hybridized carbons (Fsp3) is 0.600. The third-order valence-corrected chi connectivity index (χ3v) is 2.99. The standard InChI is InChI=1S/C15H24O2/c1-3-4-9-17-10-8-15(12-16)14-7-5-6-13(2)11-14/h5-7,11,15-16H,3-4,8-10,12H2,1-2H3. The molecular formula is C15H24O2. The first kappa shape index (κ1) is 14.2. The number of unbranched alkanes of at least 4 members (excludes halogenated alkanes) is 1. The maximum Gasteiger partial charge on any atom is 0.0500 e. The van der Waals surface area contributed by atoms with Crippen LogP contribution in [0.1, 0.15) is 43.2 Å². The molecule has 0 saturated carbocycles. The van der Waals surface area contributed by atoms with Crippen LogP contribution in [0.5, 0.6) is 0 Å². The lowest BCUT2D eigenvalue weighted by Gasteiger charge is -2.15. The van der Waals surface area contributed by atoms with E-state index in [0.29, 0.717) is 0 Å². The summed E-state index contributed by atoms with van der Waals surface area (Å²) in [5.74, 6) is 0.205. The zero-order valence-corrected chi connectivity index (χ0v) is 11.0. The Hall–Kier alpha value is -0.860. The maximum atomic E-state index is 9.42. The zero-order valence-electron chi connectivity index (χ0n) is 11.0. The fourth-order valence-electron chi connectivity index (χ4n) is 1.86. The van der Waals surface area contributed by atoms with Crippen molar-refractivity contribution >= 4 is 0 Å². The summed E-state index contributed by atoms with van der Waals surface area (Å²) >= 11 is 0. The Morgan fingerprint density at radius 2 is 2.12 bits per heavy atom. The summed E-state index contributed by atoms with van der Waals surface area (Å²) in [6.07, 6.45) is 3.18. The van der Waals surface area contributed by atoms with E-state index in [1.807, 2.05) is 6.07 Å². The highest BCUT2D eigenvalue weighted by Gasteiger charge is 2.10. The van der Waals surface area contributed by atoms with Gasteiger partial charge in [-0.25, -0.2) is 0 Å². The second kappa shape index (κ2) is 8.26. The summed E-state index contributed by atoms with van der Waals surface area (Å²) in [5.41, 5.74) is 2.46. The Morgan fingerprint density at radius 3 is 2.76 bits per heavy atom. The molecule has 0 aromatic heterocycles. The number of benzene rings is 1. The van der Waals surface area contributed by atoms with Crippen molar-refractivity contribution in [2.45, 2.75) is 39.0 Å². The Labute approximate surface area is 105 Å². The van der Waals surface area contributed by atoms with Gasteiger partial charge in [0.05, 0.1) is 6.61 Å². The molecule has 0 aliphatic carbocycles. The van der Waals surface area contributed by atoms with E-state index < -0.39 is 0 Å². The van der Waals surface area contributed by atoms with E-state index in [1.54, 1.807) is 0 Å². The molecule has 0 radical (unpaired) electrons. The van der Waals surface area contributed by atoms with Crippen LogP contribution in [0.15, 0.2) is 24.3 Å². The number of hydrogen-bond donors (Lipinski definition) is 1. The minimum atomic E-state index is 0.195. The predicted molar refractivity (Wildman–Crippen MR) is 71.3 cm³/mol. The van der Waals surface area contributed by atoms with Crippen molar-refractivity contribution in [3.8, 4) is 0 Å². The minimum Gasteiger partial charge on any atom is -0.396 e. The molecule has 0 spiro atoms. The van der Waals surface area contributed by atoms with Crippen molar-refractivity contribution < 1.29 is 9.84 Å². The lowest BCUT2D eigenvalue weighted by atomic mass is 9.96. The van der Waals surface area contributed by atoms with Crippen LogP contribution in [0.25, 0.3) is 0 Å². The molecule has 1 aromatic rings. The van der Waals surface area contributed by atoms with Gasteiger partial charge < -0.3 is 9.84 Å². The van der Waals surface area contributed by atoms with Crippen molar-refractivity contribution in [1.82, 2.24) is 0 Å². The van der Waals surface area contributed by atoms with Crippen LogP contribution in [0.2, 0.25) is 0 Å². The molecule has 0 saturated heterocycles. The van der Waals surface area contributed by atoms with Crippen LogP contribution < -0.4 is 0 Å². The highest BCUT2D eigenvalue weighted by Crippen LogP contribution is 2.20. The van der Waals surface area contributed by atoms with Crippen LogP contribution in [0.4, 0.5) is 0 Å². The molecule has 96 valence electrons. The van der Waals surface area contributed by atoms with Gasteiger partial charge in [-0.15, -0.1) is 0 Å². The molecule has 0 fully saturated rings. The lowest BCUT2D eigenvalue weighted by Crippen LogP contribution is -2.09. The highest BCUT2D eigenvalue weighted by molar-refractivity contribution is 5.25. The first-order valence-corrected chi connectivity index (χ1v) is 6.53. The first-order chi connectivity index (χ1) is 8.27. The van der Waals surface area contributed by atoms with Gasteiger partial charge in [0.25, 0.3) is 0 Å². The molecule has 0 amide bonds. The molecule has 1 rings (SSSR count). The lowest BCUT2D eigenvalue weighted by molar-refractivity contribution is 0.116. The number of aliphatic hydroxyl groups is 1. The molecule has 1 N–H and O–H groups in total. The fourth-order valence-corrected chi connectivity index (χ4v) is 1.86. The summed E-state index contributed by atoms with van der Waals surface area (Å²) in [4.78, 5) is 0. The molecule has 0 aliphatic rings. The van der Waals surface area contributed by atoms with Crippen molar-refractivity contribution in [2.24, 2.45) is 0 Å². The topological polar surface area (TPSA) is 29.5 Å². The van der Waals surface area contributed by atoms with Gasteiger partial charge in [0.1, 0.15) is 0 Å². The van der Waals surface area contributed by atoms with E-state index >= 15 is 0 Å². The van der Waals surface area contributed by atoms with Crippen molar-refractivity contribution in [2.75, 3.05) is 19.8 Å². The summed E-state index contributed by atoms with van der Waals surface area (Å²) in [6.45, 7) is 6.00. The van der Waals surface area contributed by atoms with E-state index in [1.165, 1.54) is 17.5 Å². The van der Waals surface area contributed by atoms with E-state index in [-0.39, 0.29) is 12.5 Å². The molecule has 17 heavy (non-hydrogen) atoms. The number of ether oxygens (including phenoxy) is 1. The summed E-state index contributed by atoms with van der Waals surface area (Å²) < 4.78 is 5.55. The van der Waals surface area contributed by atoms with E-state index in [0.717, 1.165) is 26.1 Å². The van der Waals surface area contributed by atoms with Gasteiger partial charge in [0.2, 0.25) is 0 Å². The third-order valence-electron chi connectivity index (χ3n) is 2.99. The van der Waals surface area contributed by atoms with Gasteiger partial charge in [0, 0.05) is 19.1 Å². The van der Waals surface area contributed by atoms with Crippen LogP contribution in [0, 0.1) is 6.92 Å². The largest absolute Gasteiger partial charge is 0.396 e. The van der Waals surface area contributed by atoms with Gasteiger partial charge in [-0.2, -0.15) is 0 Å². The van der Waals surface area contributed by atoms with Gasteiger partial charge in [0.15, 0.2) is 0 Å². The molecule has 1 aromatic carbocycles. The van der Waals surface area contributed by atoms with E-state index in [2.05, 4.69) is 32.0 Å². The molecular weight excluding hydrogens is 212 g/mol. The average molecular weight is 236 g/mol. The monoisotopic (exact) mass is 236 g/mol. The predicted octanol–water partition coefficient (Wildman–Crippen LogP) is 3.28. The first-order valence-electron chi connectivity index (χ1n) is 6.53. The smallest absolute Gasteiger partial charge is 0.0500 e. The Bertz CT molecular complexity index is 310. The van der Waals surface area contributed by atoms with Gasteiger partial charge in [-0.05, 0) is 25.3 Å². The summed E-state index contributed by atoms with van der Waals surface area (Å²) in [5, 5.41) is 9.42. The Morgan fingerprint density at radius 1 is 1.29 bits per heavy atom. The van der Waals surface area contributed by atoms with Crippen LogP contribution >= 0.6 is 0 Å². The normalized spacial score (nSPS) is 12.6. The Kier molecular flexibility index (Phi) is 6.90. The maximum absolute atomic E-state index is 9.42. The minimum absolute atomic E-state index is 0.195. The SMILES string of the molecule is CCCCOCCC(CO)c1cccc(C)c1. The molecule has 0 aliphatic heterocycles. The Balaban J connectivity index is 2.38. The van der Waals surface area contributed by atoms with Gasteiger partial charge in [-0.1, -0.05) is 43.2 Å². The van der Waals surface area contributed by atoms with E-state index in [4.69, 9.17) is 4.74 Å². The molecule has 0 heterocycles. The summed E-state index contributed by atoms with van der Waals surface area (Å²) in [6, 6.07) is 8.35.